The van der Waals surface area contributed by atoms with E-state index in [1.807, 2.05) is 13.0 Å². The predicted octanol–water partition coefficient (Wildman–Crippen LogP) is 4.42. The Kier molecular flexibility index (Phi) is 5.23. The Morgan fingerprint density at radius 3 is 3.00 bits per heavy atom. The maximum Gasteiger partial charge on any atom is 0.255 e. The molecule has 0 radical (unpaired) electrons. The topological polar surface area (TPSA) is 61.9 Å². The van der Waals surface area contributed by atoms with E-state index >= 15 is 0 Å². The number of aryl methyl sites for hydroxylation is 1. The largest absolute Gasteiger partial charge is 0.332 e. The minimum atomic E-state index is -0.454. The van der Waals surface area contributed by atoms with Crippen LogP contribution in [-0.4, -0.2) is 38.6 Å². The van der Waals surface area contributed by atoms with E-state index in [0.29, 0.717) is 17.8 Å². The maximum absolute atomic E-state index is 13.1. The zero-order valence-corrected chi connectivity index (χ0v) is 15.5. The summed E-state index contributed by atoms with van der Waals surface area (Å²) in [7, 11) is 0. The highest BCUT2D eigenvalue weighted by Crippen LogP contribution is 2.27. The number of pyridine rings is 1. The number of nitrogens with one attached hydrogen (secondary N) is 1. The van der Waals surface area contributed by atoms with E-state index in [4.69, 9.17) is 11.6 Å². The predicted molar refractivity (Wildman–Crippen MR) is 101 cm³/mol. The van der Waals surface area contributed by atoms with Gasteiger partial charge in [0.1, 0.15) is 5.83 Å². The summed E-state index contributed by atoms with van der Waals surface area (Å²) < 4.78 is 13.1. The normalized spacial score (nSPS) is 18.6. The molecule has 2 aromatic rings. The van der Waals surface area contributed by atoms with Gasteiger partial charge in [-0.2, -0.15) is 5.10 Å². The van der Waals surface area contributed by atoms with E-state index in [1.165, 1.54) is 13.0 Å². The number of amides is 1. The molecule has 136 valence electrons. The smallest absolute Gasteiger partial charge is 0.255 e. The van der Waals surface area contributed by atoms with Crippen molar-refractivity contribution in [3.05, 3.63) is 58.7 Å². The first kappa shape index (κ1) is 18.3. The molecule has 5 nitrogen and oxygen atoms in total. The van der Waals surface area contributed by atoms with Gasteiger partial charge in [-0.1, -0.05) is 24.3 Å². The molecule has 3 rings (SSSR count). The van der Waals surface area contributed by atoms with Gasteiger partial charge in [-0.05, 0) is 44.4 Å². The standard InChI is InChI=1S/C19H20ClFN4O/c1-11(6-7-16(20)12(2)21)17-5-4-8-25(17)19(26)14-9-15-13(3)23-24-18(15)22-10-14/h6-7,9-10,17H,1,4-5,8H2,2-3H3,(H,22,23,24)/b7-6-,16-12-/t17-/m1/s1. The first-order valence-corrected chi connectivity index (χ1v) is 8.76. The van der Waals surface area contributed by atoms with Gasteiger partial charge >= 0.3 is 0 Å². The number of aromatic nitrogens is 3. The van der Waals surface area contributed by atoms with Crippen molar-refractivity contribution in [2.45, 2.75) is 32.7 Å². The molecule has 1 fully saturated rings. The van der Waals surface area contributed by atoms with Crippen molar-refractivity contribution in [1.29, 1.82) is 0 Å². The van der Waals surface area contributed by atoms with Crippen LogP contribution in [0.5, 0.6) is 0 Å². The van der Waals surface area contributed by atoms with Gasteiger partial charge in [0.2, 0.25) is 0 Å². The van der Waals surface area contributed by atoms with Gasteiger partial charge in [0.05, 0.1) is 22.3 Å². The van der Waals surface area contributed by atoms with Gasteiger partial charge < -0.3 is 4.90 Å². The molecule has 0 saturated carbocycles. The molecule has 0 spiro atoms. The SMILES string of the molecule is C=C(/C=C\C(Cl)=C(/C)F)[C@H]1CCCN1C(=O)c1cnc2[nH]nc(C)c2c1. The van der Waals surface area contributed by atoms with Gasteiger partial charge in [-0.25, -0.2) is 9.37 Å². The third kappa shape index (κ3) is 3.55. The molecule has 0 bridgehead atoms. The number of halogens is 2. The summed E-state index contributed by atoms with van der Waals surface area (Å²) in [6, 6.07) is 1.67. The fourth-order valence-corrected chi connectivity index (χ4v) is 3.17. The summed E-state index contributed by atoms with van der Waals surface area (Å²) in [6.07, 6.45) is 6.40. The van der Waals surface area contributed by atoms with Crippen molar-refractivity contribution in [3.63, 3.8) is 0 Å². The summed E-state index contributed by atoms with van der Waals surface area (Å²) in [6.45, 7) is 7.84. The number of H-pyrrole nitrogens is 1. The van der Waals surface area contributed by atoms with Crippen molar-refractivity contribution < 1.29 is 9.18 Å². The summed E-state index contributed by atoms with van der Waals surface area (Å²) in [5.41, 5.74) is 2.70. The van der Waals surface area contributed by atoms with Crippen LogP contribution in [0.4, 0.5) is 4.39 Å². The van der Waals surface area contributed by atoms with E-state index in [1.54, 1.807) is 17.2 Å². The lowest BCUT2D eigenvalue weighted by atomic mass is 10.0. The number of hydrogen-bond acceptors (Lipinski definition) is 3. The average molecular weight is 375 g/mol. The van der Waals surface area contributed by atoms with E-state index in [-0.39, 0.29) is 17.0 Å². The van der Waals surface area contributed by atoms with Gasteiger partial charge in [0, 0.05) is 18.1 Å². The van der Waals surface area contributed by atoms with Crippen LogP contribution in [0.15, 0.2) is 47.4 Å². The second-order valence-corrected chi connectivity index (χ2v) is 6.78. The quantitative estimate of drug-likeness (QED) is 0.805. The van der Waals surface area contributed by atoms with Crippen molar-refractivity contribution in [1.82, 2.24) is 20.1 Å². The van der Waals surface area contributed by atoms with Crippen LogP contribution in [0.2, 0.25) is 0 Å². The molecule has 1 N–H and O–H groups in total. The number of nitrogens with zero attached hydrogens (tertiary/aromatic N) is 3. The summed E-state index contributed by atoms with van der Waals surface area (Å²) >= 11 is 5.80. The van der Waals surface area contributed by atoms with Crippen molar-refractivity contribution in [2.75, 3.05) is 6.54 Å². The zero-order valence-electron chi connectivity index (χ0n) is 14.7. The van der Waals surface area contributed by atoms with Crippen molar-refractivity contribution in [3.8, 4) is 0 Å². The highest BCUT2D eigenvalue weighted by atomic mass is 35.5. The fraction of sp³-hybridized carbons (Fsp3) is 0.316. The molecule has 26 heavy (non-hydrogen) atoms. The Morgan fingerprint density at radius 2 is 2.27 bits per heavy atom. The zero-order chi connectivity index (χ0) is 18.8. The van der Waals surface area contributed by atoms with Crippen LogP contribution in [0, 0.1) is 6.92 Å². The van der Waals surface area contributed by atoms with Crippen molar-refractivity contribution >= 4 is 28.5 Å². The molecule has 3 heterocycles. The highest BCUT2D eigenvalue weighted by molar-refractivity contribution is 6.31. The van der Waals surface area contributed by atoms with Crippen LogP contribution < -0.4 is 0 Å². The third-order valence-corrected chi connectivity index (χ3v) is 4.95. The van der Waals surface area contributed by atoms with E-state index in [2.05, 4.69) is 21.8 Å². The van der Waals surface area contributed by atoms with Crippen LogP contribution >= 0.6 is 11.6 Å². The molecule has 1 aliphatic rings. The third-order valence-electron chi connectivity index (χ3n) is 4.57. The molecular formula is C19H20ClFN4O. The lowest BCUT2D eigenvalue weighted by molar-refractivity contribution is 0.0757. The number of rotatable bonds is 4. The molecule has 0 aromatic carbocycles. The molecule has 1 amide bonds. The molecule has 1 aliphatic heterocycles. The first-order chi connectivity index (χ1) is 12.4. The number of hydrogen-bond donors (Lipinski definition) is 1. The lowest BCUT2D eigenvalue weighted by Gasteiger charge is -2.25. The number of likely N-dealkylation sites (tertiary alicyclic amines) is 1. The summed E-state index contributed by atoms with van der Waals surface area (Å²) in [4.78, 5) is 19.0. The van der Waals surface area contributed by atoms with Gasteiger partial charge in [0.15, 0.2) is 5.65 Å². The Labute approximate surface area is 156 Å². The van der Waals surface area contributed by atoms with E-state index in [0.717, 1.165) is 29.5 Å². The minimum Gasteiger partial charge on any atom is -0.332 e. The first-order valence-electron chi connectivity index (χ1n) is 8.39. The number of fused-ring (bicyclic) bond motifs is 1. The van der Waals surface area contributed by atoms with Gasteiger partial charge in [-0.3, -0.25) is 9.89 Å². The van der Waals surface area contributed by atoms with Crippen LogP contribution in [0.1, 0.15) is 35.8 Å². The molecule has 7 heteroatoms. The van der Waals surface area contributed by atoms with E-state index in [9.17, 15) is 9.18 Å². The highest BCUT2D eigenvalue weighted by Gasteiger charge is 2.30. The monoisotopic (exact) mass is 374 g/mol. The van der Waals surface area contributed by atoms with Crippen LogP contribution in [0.3, 0.4) is 0 Å². The summed E-state index contributed by atoms with van der Waals surface area (Å²) in [5.74, 6) is -0.551. The Balaban J connectivity index is 1.82. The average Bonchev–Trinajstić information content (AvgIpc) is 3.25. The summed E-state index contributed by atoms with van der Waals surface area (Å²) in [5, 5.41) is 7.81. The molecule has 1 atom stereocenters. The second-order valence-electron chi connectivity index (χ2n) is 6.38. The number of allylic oxidation sites excluding steroid dienone is 3. The molecule has 0 unspecified atom stereocenters. The van der Waals surface area contributed by atoms with Gasteiger partial charge in [0.25, 0.3) is 5.91 Å². The van der Waals surface area contributed by atoms with E-state index < -0.39 is 5.83 Å². The second kappa shape index (κ2) is 7.41. The Bertz CT molecular complexity index is 927. The lowest BCUT2D eigenvalue weighted by Crippen LogP contribution is -2.36. The molecule has 0 aliphatic carbocycles. The fourth-order valence-electron chi connectivity index (χ4n) is 3.11. The molecule has 2 aromatic heterocycles. The minimum absolute atomic E-state index is 0.0344. The number of carbonyl (C=O) groups excluding carboxylic acids is 1. The maximum atomic E-state index is 13.1. The number of aromatic amines is 1. The van der Waals surface area contributed by atoms with Gasteiger partial charge in [-0.15, -0.1) is 0 Å². The van der Waals surface area contributed by atoms with Crippen LogP contribution in [0.25, 0.3) is 11.0 Å². The Morgan fingerprint density at radius 1 is 1.50 bits per heavy atom. The molecule has 1 saturated heterocycles. The molecular weight excluding hydrogens is 355 g/mol. The Hall–Kier alpha value is -2.47. The van der Waals surface area contributed by atoms with Crippen molar-refractivity contribution in [2.24, 2.45) is 0 Å². The number of carbonyl (C=O) groups is 1. The van der Waals surface area contributed by atoms with Crippen LogP contribution in [-0.2, 0) is 0 Å².